The molecule has 0 fully saturated rings. The molecule has 1 aliphatic rings. The zero-order valence-electron chi connectivity index (χ0n) is 20.8. The van der Waals surface area contributed by atoms with Crippen LogP contribution in [0, 0.1) is 11.3 Å². The van der Waals surface area contributed by atoms with Gasteiger partial charge in [0.05, 0.1) is 36.3 Å². The fraction of sp³-hybridized carbons (Fsp3) is 0.308. The number of benzene rings is 1. The van der Waals surface area contributed by atoms with Crippen molar-refractivity contribution in [1.29, 1.82) is 5.26 Å². The second kappa shape index (κ2) is 13.3. The number of urea groups is 1. The zero-order valence-corrected chi connectivity index (χ0v) is 20.8. The number of hydrogen-bond donors (Lipinski definition) is 2. The lowest BCUT2D eigenvalue weighted by atomic mass is 9.92. The molecule has 12 heteroatoms. The number of aliphatic carboxylic acids is 1. The number of carbonyl (C=O) groups is 3. The van der Waals surface area contributed by atoms with Gasteiger partial charge >= 0.3 is 18.2 Å². The Labute approximate surface area is 217 Å². The van der Waals surface area contributed by atoms with E-state index in [1.165, 1.54) is 56.5 Å². The third-order valence-electron chi connectivity index (χ3n) is 5.48. The van der Waals surface area contributed by atoms with Crippen molar-refractivity contribution in [2.45, 2.75) is 25.6 Å². The minimum atomic E-state index is -4.59. The Morgan fingerprint density at radius 3 is 2.47 bits per heavy atom. The number of nitrogens with zero attached hydrogens (tertiary/aromatic N) is 3. The lowest BCUT2D eigenvalue weighted by Crippen LogP contribution is -2.53. The van der Waals surface area contributed by atoms with Crippen molar-refractivity contribution >= 4 is 17.9 Å². The van der Waals surface area contributed by atoms with Crippen LogP contribution in [0.15, 0.2) is 72.1 Å². The summed E-state index contributed by atoms with van der Waals surface area (Å²) in [5.41, 5.74) is -0.128. The highest BCUT2D eigenvalue weighted by Gasteiger charge is 2.43. The molecule has 1 aromatic carbocycles. The standard InChI is InChI=1S/C26H27F3N4O5/c1-4-5-6-20(11-12-26(27,28)29)33-17(2)22(24(35)36)23(19-9-7-18(15-30)8-10-19)32(25(33)37)16-21(34)31-13-14-38-3/h4-11,23H,1,12-14,16H2,2-3H3,(H,31,34)(H,35,36)/b6-5-,20-11+. The van der Waals surface area contributed by atoms with E-state index in [4.69, 9.17) is 10.00 Å². The van der Waals surface area contributed by atoms with E-state index in [0.717, 1.165) is 15.9 Å². The number of carboxylic acid groups (broad SMARTS) is 1. The summed E-state index contributed by atoms with van der Waals surface area (Å²) in [4.78, 5) is 40.8. The summed E-state index contributed by atoms with van der Waals surface area (Å²) in [6, 6.07) is 5.52. The zero-order chi connectivity index (χ0) is 28.5. The van der Waals surface area contributed by atoms with E-state index in [1.54, 1.807) is 0 Å². The van der Waals surface area contributed by atoms with Gasteiger partial charge in [0.1, 0.15) is 6.54 Å². The predicted octanol–water partition coefficient (Wildman–Crippen LogP) is 4.04. The first-order valence-electron chi connectivity index (χ1n) is 11.3. The SMILES string of the molecule is C=C/C=C\C(=C/CC(F)(F)F)N1C(=O)N(CC(=O)NCCOC)C(c2ccc(C#N)cc2)C(C(=O)O)=C1C. The van der Waals surface area contributed by atoms with Crippen LogP contribution in [0.2, 0.25) is 0 Å². The first kappa shape index (κ1) is 29.9. The third kappa shape index (κ3) is 7.57. The van der Waals surface area contributed by atoms with Crippen LogP contribution in [0.25, 0.3) is 0 Å². The van der Waals surface area contributed by atoms with Crippen molar-refractivity contribution in [1.82, 2.24) is 15.1 Å². The number of nitriles is 1. The number of nitrogens with one attached hydrogen (secondary N) is 1. The molecule has 0 aromatic heterocycles. The van der Waals surface area contributed by atoms with E-state index in [0.29, 0.717) is 5.56 Å². The summed E-state index contributed by atoms with van der Waals surface area (Å²) in [5, 5.41) is 21.8. The molecule has 1 atom stereocenters. The van der Waals surface area contributed by atoms with Crippen LogP contribution in [0.5, 0.6) is 0 Å². The normalized spacial score (nSPS) is 16.6. The van der Waals surface area contributed by atoms with Crippen molar-refractivity contribution in [3.05, 3.63) is 83.2 Å². The highest BCUT2D eigenvalue weighted by molar-refractivity contribution is 5.96. The smallest absolute Gasteiger partial charge is 0.392 e. The number of halogens is 3. The number of rotatable bonds is 11. The number of methoxy groups -OCH3 is 1. The highest BCUT2D eigenvalue weighted by Crippen LogP contribution is 2.39. The van der Waals surface area contributed by atoms with E-state index < -0.39 is 43.1 Å². The lowest BCUT2D eigenvalue weighted by Gasteiger charge is -2.42. The number of carbonyl (C=O) groups excluding carboxylic acids is 2. The first-order valence-corrected chi connectivity index (χ1v) is 11.3. The van der Waals surface area contributed by atoms with Crippen molar-refractivity contribution < 1.29 is 37.4 Å². The number of carboxylic acids is 1. The molecule has 2 N–H and O–H groups in total. The molecule has 0 saturated carbocycles. The summed E-state index contributed by atoms with van der Waals surface area (Å²) < 4.78 is 44.0. The molecule has 202 valence electrons. The maximum absolute atomic E-state index is 13.8. The van der Waals surface area contributed by atoms with Gasteiger partial charge in [0.2, 0.25) is 5.91 Å². The van der Waals surface area contributed by atoms with Gasteiger partial charge in [-0.15, -0.1) is 0 Å². The van der Waals surface area contributed by atoms with Gasteiger partial charge in [-0.05, 0) is 30.7 Å². The van der Waals surface area contributed by atoms with E-state index in [1.807, 2.05) is 6.07 Å². The van der Waals surface area contributed by atoms with Crippen LogP contribution >= 0.6 is 0 Å². The third-order valence-corrected chi connectivity index (χ3v) is 5.48. The van der Waals surface area contributed by atoms with Gasteiger partial charge in [-0.25, -0.2) is 9.59 Å². The van der Waals surface area contributed by atoms with Gasteiger partial charge in [0.15, 0.2) is 0 Å². The van der Waals surface area contributed by atoms with Crippen LogP contribution in [-0.2, 0) is 14.3 Å². The molecule has 1 heterocycles. The molecule has 38 heavy (non-hydrogen) atoms. The minimum Gasteiger partial charge on any atom is -0.478 e. The van der Waals surface area contributed by atoms with Crippen molar-refractivity contribution in [2.24, 2.45) is 0 Å². The summed E-state index contributed by atoms with van der Waals surface area (Å²) >= 11 is 0. The molecule has 0 saturated heterocycles. The second-order valence-electron chi connectivity index (χ2n) is 8.07. The molecule has 9 nitrogen and oxygen atoms in total. The topological polar surface area (TPSA) is 123 Å². The summed E-state index contributed by atoms with van der Waals surface area (Å²) in [7, 11) is 1.43. The van der Waals surface area contributed by atoms with Gasteiger partial charge in [0.25, 0.3) is 0 Å². The van der Waals surface area contributed by atoms with Crippen LogP contribution in [0.4, 0.5) is 18.0 Å². The van der Waals surface area contributed by atoms with Crippen LogP contribution in [-0.4, -0.2) is 65.8 Å². The molecular weight excluding hydrogens is 505 g/mol. The molecule has 0 radical (unpaired) electrons. The molecule has 0 spiro atoms. The minimum absolute atomic E-state index is 0.113. The average Bonchev–Trinajstić information content (AvgIpc) is 2.86. The van der Waals surface area contributed by atoms with E-state index in [-0.39, 0.29) is 35.7 Å². The van der Waals surface area contributed by atoms with Gasteiger partial charge < -0.3 is 20.1 Å². The van der Waals surface area contributed by atoms with E-state index in [2.05, 4.69) is 11.9 Å². The fourth-order valence-electron chi connectivity index (χ4n) is 3.80. The Morgan fingerprint density at radius 2 is 1.95 bits per heavy atom. The Hall–Kier alpha value is -4.37. The molecule has 1 aliphatic heterocycles. The van der Waals surface area contributed by atoms with Gasteiger partial charge in [-0.3, -0.25) is 9.69 Å². The maximum Gasteiger partial charge on any atom is 0.392 e. The summed E-state index contributed by atoms with van der Waals surface area (Å²) in [5.74, 6) is -2.08. The number of ether oxygens (including phenoxy) is 1. The number of alkyl halides is 3. The Kier molecular flexibility index (Phi) is 10.4. The molecule has 3 amide bonds. The van der Waals surface area contributed by atoms with Crippen LogP contribution in [0.1, 0.15) is 30.5 Å². The average molecular weight is 533 g/mol. The molecule has 0 bridgehead atoms. The Bertz CT molecular complexity index is 1200. The quantitative estimate of drug-likeness (QED) is 0.328. The lowest BCUT2D eigenvalue weighted by molar-refractivity contribution is -0.134. The molecule has 1 aromatic rings. The molecule has 1 unspecified atom stereocenters. The van der Waals surface area contributed by atoms with Crippen molar-refractivity contribution in [2.75, 3.05) is 26.8 Å². The number of amides is 3. The summed E-state index contributed by atoms with van der Waals surface area (Å²) in [6.07, 6.45) is -1.45. The van der Waals surface area contributed by atoms with Gasteiger partial charge in [0, 0.05) is 25.0 Å². The first-order chi connectivity index (χ1) is 17.9. The molecule has 2 rings (SSSR count). The fourth-order valence-corrected chi connectivity index (χ4v) is 3.80. The van der Waals surface area contributed by atoms with Gasteiger partial charge in [-0.1, -0.05) is 36.9 Å². The monoisotopic (exact) mass is 532 g/mol. The number of hydrogen-bond acceptors (Lipinski definition) is 5. The van der Waals surface area contributed by atoms with E-state index >= 15 is 0 Å². The Balaban J connectivity index is 2.74. The van der Waals surface area contributed by atoms with Crippen LogP contribution < -0.4 is 5.32 Å². The number of allylic oxidation sites excluding steroid dienone is 5. The second-order valence-corrected chi connectivity index (χ2v) is 8.07. The van der Waals surface area contributed by atoms with Gasteiger partial charge in [-0.2, -0.15) is 18.4 Å². The van der Waals surface area contributed by atoms with Crippen LogP contribution in [0.3, 0.4) is 0 Å². The molecule has 0 aliphatic carbocycles. The Morgan fingerprint density at radius 1 is 1.29 bits per heavy atom. The van der Waals surface area contributed by atoms with E-state index in [9.17, 15) is 32.7 Å². The highest BCUT2D eigenvalue weighted by atomic mass is 19.4. The van der Waals surface area contributed by atoms with Crippen molar-refractivity contribution in [3.63, 3.8) is 0 Å². The maximum atomic E-state index is 13.8. The largest absolute Gasteiger partial charge is 0.478 e. The van der Waals surface area contributed by atoms with Crippen molar-refractivity contribution in [3.8, 4) is 6.07 Å². The summed E-state index contributed by atoms with van der Waals surface area (Å²) in [6.45, 7) is 4.47. The molecular formula is C26H27F3N4O5. The predicted molar refractivity (Wildman–Crippen MR) is 131 cm³/mol.